The fourth-order valence-electron chi connectivity index (χ4n) is 5.01. The van der Waals surface area contributed by atoms with Gasteiger partial charge < -0.3 is 4.90 Å². The van der Waals surface area contributed by atoms with Crippen molar-refractivity contribution in [2.24, 2.45) is 0 Å². The molecule has 0 bridgehead atoms. The lowest BCUT2D eigenvalue weighted by atomic mass is 9.64. The van der Waals surface area contributed by atoms with Crippen LogP contribution in [0.4, 0.5) is 5.13 Å². The number of rotatable bonds is 4. The highest BCUT2D eigenvalue weighted by molar-refractivity contribution is 7.13. The zero-order valence-corrected chi connectivity index (χ0v) is 17.2. The molecule has 1 N–H and O–H groups in total. The molecule has 4 rings (SSSR count). The lowest BCUT2D eigenvalue weighted by Crippen LogP contribution is -2.64. The summed E-state index contributed by atoms with van der Waals surface area (Å²) in [5.41, 5.74) is 2.62. The second-order valence-corrected chi connectivity index (χ2v) is 8.68. The highest BCUT2D eigenvalue weighted by Gasteiger charge is 2.55. The lowest BCUT2D eigenvalue weighted by Gasteiger charge is -2.55. The third-order valence-corrected chi connectivity index (χ3v) is 6.95. The molecule has 0 saturated heterocycles. The van der Waals surface area contributed by atoms with Crippen LogP contribution in [-0.4, -0.2) is 38.5 Å². The number of hydrogen-bond donors (Lipinski definition) is 1. The topological polar surface area (TPSA) is 75.2 Å². The lowest BCUT2D eigenvalue weighted by molar-refractivity contribution is -0.122. The van der Waals surface area contributed by atoms with Crippen molar-refractivity contribution in [1.82, 2.24) is 15.1 Å². The molecule has 1 aromatic heterocycles. The van der Waals surface area contributed by atoms with Crippen LogP contribution in [0.15, 0.2) is 29.8 Å². The molecule has 148 valence electrons. The summed E-state index contributed by atoms with van der Waals surface area (Å²) < 4.78 is 0. The molecule has 1 aromatic carbocycles. The Morgan fingerprint density at radius 1 is 1.32 bits per heavy atom. The highest BCUT2D eigenvalue weighted by atomic mass is 32.1. The second-order valence-electron chi connectivity index (χ2n) is 7.85. The molecule has 0 radical (unpaired) electrons. The van der Waals surface area contributed by atoms with E-state index >= 15 is 0 Å². The maximum absolute atomic E-state index is 13.6. The van der Waals surface area contributed by atoms with E-state index in [1.807, 2.05) is 29.2 Å². The van der Waals surface area contributed by atoms with Gasteiger partial charge in [-0.15, -0.1) is 10.2 Å². The molecule has 1 fully saturated rings. The predicted octanol–water partition coefficient (Wildman–Crippen LogP) is 4.22. The van der Waals surface area contributed by atoms with E-state index in [1.165, 1.54) is 11.3 Å². The first-order chi connectivity index (χ1) is 13.6. The van der Waals surface area contributed by atoms with Crippen molar-refractivity contribution in [3.8, 4) is 0 Å². The molecule has 2 heterocycles. The zero-order valence-electron chi connectivity index (χ0n) is 16.4. The van der Waals surface area contributed by atoms with E-state index in [-0.39, 0.29) is 17.9 Å². The molecular formula is C21H26N4O2S. The van der Waals surface area contributed by atoms with Gasteiger partial charge in [-0.3, -0.25) is 14.9 Å². The van der Waals surface area contributed by atoms with Crippen molar-refractivity contribution in [3.63, 3.8) is 0 Å². The Morgan fingerprint density at radius 2 is 2.07 bits per heavy atom. The molecule has 1 saturated carbocycles. The fourth-order valence-corrected chi connectivity index (χ4v) is 5.46. The molecule has 0 unspecified atom stereocenters. The van der Waals surface area contributed by atoms with Gasteiger partial charge in [0.25, 0.3) is 5.91 Å². The molecule has 28 heavy (non-hydrogen) atoms. The number of carbonyl (C=O) groups excluding carboxylic acids is 2. The number of carbonyl (C=O) groups is 2. The average molecular weight is 399 g/mol. The summed E-state index contributed by atoms with van der Waals surface area (Å²) in [6.45, 7) is 4.20. The van der Waals surface area contributed by atoms with Gasteiger partial charge in [0.15, 0.2) is 0 Å². The molecule has 6 nitrogen and oxygen atoms in total. The standard InChI is InChI=1S/C21H26N4O2S/c1-3-14(2)25-19(27)16-10-6-5-9-15(16)17(21(25)11-7-4-8-12-21)18(26)23-20-24-22-13-28-20/h5-6,9-10,13-14,17H,3-4,7-8,11-12H2,1-2H3,(H,23,24,26)/t14-,17-/m0/s1. The van der Waals surface area contributed by atoms with E-state index in [1.54, 1.807) is 5.51 Å². The largest absolute Gasteiger partial charge is 0.329 e. The van der Waals surface area contributed by atoms with E-state index in [9.17, 15) is 9.59 Å². The number of aromatic nitrogens is 2. The van der Waals surface area contributed by atoms with Gasteiger partial charge in [-0.1, -0.05) is 55.7 Å². The quantitative estimate of drug-likeness (QED) is 0.837. The van der Waals surface area contributed by atoms with Crippen molar-refractivity contribution in [3.05, 3.63) is 40.9 Å². The Balaban J connectivity index is 1.86. The Kier molecular flexibility index (Phi) is 5.19. The second kappa shape index (κ2) is 7.62. The number of benzene rings is 1. The summed E-state index contributed by atoms with van der Waals surface area (Å²) in [7, 11) is 0. The van der Waals surface area contributed by atoms with Crippen LogP contribution in [-0.2, 0) is 4.79 Å². The first-order valence-electron chi connectivity index (χ1n) is 10.1. The Bertz CT molecular complexity index is 861. The minimum atomic E-state index is -0.478. The Hall–Kier alpha value is -2.28. The number of anilines is 1. The number of hydrogen-bond acceptors (Lipinski definition) is 5. The first kappa shape index (κ1) is 19.1. The van der Waals surface area contributed by atoms with E-state index in [2.05, 4.69) is 29.4 Å². The minimum absolute atomic E-state index is 0.0619. The van der Waals surface area contributed by atoms with Crippen LogP contribution >= 0.6 is 11.3 Å². The van der Waals surface area contributed by atoms with Crippen LogP contribution in [0.1, 0.15) is 74.2 Å². The van der Waals surface area contributed by atoms with E-state index in [0.717, 1.165) is 44.1 Å². The molecule has 1 spiro atoms. The maximum atomic E-state index is 13.6. The van der Waals surface area contributed by atoms with Gasteiger partial charge in [-0.05, 0) is 37.8 Å². The van der Waals surface area contributed by atoms with Crippen LogP contribution in [0.2, 0.25) is 0 Å². The first-order valence-corrected chi connectivity index (χ1v) is 11.0. The van der Waals surface area contributed by atoms with Crippen LogP contribution in [0.5, 0.6) is 0 Å². The molecule has 7 heteroatoms. The van der Waals surface area contributed by atoms with E-state index in [4.69, 9.17) is 0 Å². The molecule has 2 amide bonds. The van der Waals surface area contributed by atoms with E-state index < -0.39 is 11.5 Å². The van der Waals surface area contributed by atoms with Gasteiger partial charge >= 0.3 is 0 Å². The van der Waals surface area contributed by atoms with Gasteiger partial charge in [0.05, 0.1) is 11.5 Å². The third-order valence-electron chi connectivity index (χ3n) is 6.34. The summed E-state index contributed by atoms with van der Waals surface area (Å²) >= 11 is 1.31. The van der Waals surface area contributed by atoms with Gasteiger partial charge in [-0.2, -0.15) is 0 Å². The molecule has 2 aliphatic rings. The van der Waals surface area contributed by atoms with Crippen LogP contribution in [0, 0.1) is 0 Å². The number of amides is 2. The molecule has 2 atom stereocenters. The summed E-state index contributed by atoms with van der Waals surface area (Å²) in [5.74, 6) is -0.432. The third kappa shape index (κ3) is 3.02. The van der Waals surface area contributed by atoms with Crippen molar-refractivity contribution in [2.75, 3.05) is 5.32 Å². The molecule has 2 aromatic rings. The normalized spacial score (nSPS) is 22.0. The van der Waals surface area contributed by atoms with Crippen molar-refractivity contribution in [2.45, 2.75) is 69.9 Å². The van der Waals surface area contributed by atoms with Crippen molar-refractivity contribution < 1.29 is 9.59 Å². The smallest absolute Gasteiger partial charge is 0.254 e. The van der Waals surface area contributed by atoms with Gasteiger partial charge in [0.2, 0.25) is 11.0 Å². The van der Waals surface area contributed by atoms with Crippen LogP contribution < -0.4 is 5.32 Å². The monoisotopic (exact) mass is 398 g/mol. The van der Waals surface area contributed by atoms with E-state index in [0.29, 0.717) is 10.7 Å². The summed E-state index contributed by atoms with van der Waals surface area (Å²) in [6, 6.07) is 7.68. The number of fused-ring (bicyclic) bond motifs is 1. The Morgan fingerprint density at radius 3 is 2.75 bits per heavy atom. The summed E-state index contributed by atoms with van der Waals surface area (Å²) in [5, 5.41) is 11.3. The predicted molar refractivity (Wildman–Crippen MR) is 109 cm³/mol. The fraction of sp³-hybridized carbons (Fsp3) is 0.524. The Labute approximate surface area is 169 Å². The zero-order chi connectivity index (χ0) is 19.7. The van der Waals surface area contributed by atoms with Crippen molar-refractivity contribution in [1.29, 1.82) is 0 Å². The van der Waals surface area contributed by atoms with Crippen molar-refractivity contribution >= 4 is 28.3 Å². The molecular weight excluding hydrogens is 372 g/mol. The summed E-state index contributed by atoms with van der Waals surface area (Å²) in [4.78, 5) is 29.1. The highest BCUT2D eigenvalue weighted by Crippen LogP contribution is 2.50. The number of nitrogens with zero attached hydrogens (tertiary/aromatic N) is 3. The average Bonchev–Trinajstić information content (AvgIpc) is 3.21. The summed E-state index contributed by atoms with van der Waals surface area (Å²) in [6.07, 6.45) is 5.78. The van der Waals surface area contributed by atoms with Crippen LogP contribution in [0.25, 0.3) is 0 Å². The number of nitrogens with one attached hydrogen (secondary N) is 1. The van der Waals surface area contributed by atoms with Gasteiger partial charge in [-0.25, -0.2) is 0 Å². The minimum Gasteiger partial charge on any atom is -0.329 e. The van der Waals surface area contributed by atoms with Crippen LogP contribution in [0.3, 0.4) is 0 Å². The molecule has 1 aliphatic heterocycles. The van der Waals surface area contributed by atoms with Gasteiger partial charge in [0, 0.05) is 11.6 Å². The van der Waals surface area contributed by atoms with Gasteiger partial charge in [0.1, 0.15) is 5.51 Å². The molecule has 1 aliphatic carbocycles. The SMILES string of the molecule is CC[C@H](C)N1C(=O)c2ccccc2[C@@H](C(=O)Nc2nncs2)C12CCCCC2. The maximum Gasteiger partial charge on any atom is 0.254 e.